The van der Waals surface area contributed by atoms with Crippen LogP contribution in [-0.4, -0.2) is 5.78 Å². The van der Waals surface area contributed by atoms with E-state index >= 15 is 0 Å². The summed E-state index contributed by atoms with van der Waals surface area (Å²) in [5.74, 6) is 0.171. The van der Waals surface area contributed by atoms with Crippen LogP contribution in [0.25, 0.3) is 10.4 Å². The van der Waals surface area contributed by atoms with E-state index in [2.05, 4.69) is 30.8 Å². The van der Waals surface area contributed by atoms with E-state index in [-0.39, 0.29) is 11.2 Å². The molecule has 21 heavy (non-hydrogen) atoms. The molecule has 1 rings (SSSR count). The summed E-state index contributed by atoms with van der Waals surface area (Å²) in [6, 6.07) is 7.39. The molecular weight excluding hydrogens is 262 g/mol. The van der Waals surface area contributed by atoms with Crippen LogP contribution in [0, 0.1) is 5.41 Å². The Morgan fingerprint density at radius 2 is 1.76 bits per heavy atom. The molecule has 0 atom stereocenters. The number of ketones is 1. The second-order valence-electron chi connectivity index (χ2n) is 6.77. The van der Waals surface area contributed by atoms with Gasteiger partial charge in [-0.3, -0.25) is 4.79 Å². The molecule has 0 aliphatic carbocycles. The van der Waals surface area contributed by atoms with Crippen molar-refractivity contribution in [2.24, 2.45) is 10.5 Å². The van der Waals surface area contributed by atoms with E-state index in [4.69, 9.17) is 5.53 Å². The largest absolute Gasteiger partial charge is 0.294 e. The van der Waals surface area contributed by atoms with Gasteiger partial charge in [0.2, 0.25) is 0 Å². The SMILES string of the molecule is CCC(C)(C)CCC(=O)c1ccc(C(C)(C)N=[N+]=[N-])cc1. The summed E-state index contributed by atoms with van der Waals surface area (Å²) >= 11 is 0. The topological polar surface area (TPSA) is 65.8 Å². The van der Waals surface area contributed by atoms with Gasteiger partial charge in [-0.15, -0.1) is 0 Å². The van der Waals surface area contributed by atoms with Crippen LogP contribution in [0.5, 0.6) is 0 Å². The number of carbonyl (C=O) groups is 1. The lowest BCUT2D eigenvalue weighted by molar-refractivity contribution is 0.0962. The Kier molecular flexibility index (Phi) is 5.56. The number of rotatable bonds is 7. The zero-order valence-electron chi connectivity index (χ0n) is 13.7. The summed E-state index contributed by atoms with van der Waals surface area (Å²) < 4.78 is 0. The first-order valence-corrected chi connectivity index (χ1v) is 7.42. The van der Waals surface area contributed by atoms with E-state index in [9.17, 15) is 4.79 Å². The minimum Gasteiger partial charge on any atom is -0.294 e. The van der Waals surface area contributed by atoms with Crippen molar-refractivity contribution in [3.05, 3.63) is 45.8 Å². The van der Waals surface area contributed by atoms with E-state index < -0.39 is 5.54 Å². The van der Waals surface area contributed by atoms with Gasteiger partial charge >= 0.3 is 0 Å². The van der Waals surface area contributed by atoms with Crippen molar-refractivity contribution < 1.29 is 4.79 Å². The number of Topliss-reactive ketones (excluding diaryl/α,β-unsaturated/α-hetero) is 1. The average molecular weight is 287 g/mol. The normalized spacial score (nSPS) is 11.9. The van der Waals surface area contributed by atoms with Crippen molar-refractivity contribution in [3.63, 3.8) is 0 Å². The van der Waals surface area contributed by atoms with Gasteiger partial charge in [-0.2, -0.15) is 0 Å². The van der Waals surface area contributed by atoms with Gasteiger partial charge in [-0.1, -0.05) is 70.4 Å². The predicted octanol–water partition coefficient (Wildman–Crippen LogP) is 5.63. The fourth-order valence-corrected chi connectivity index (χ4v) is 2.01. The number of azide groups is 1. The Balaban J connectivity index is 2.79. The number of benzene rings is 1. The van der Waals surface area contributed by atoms with Gasteiger partial charge in [0.05, 0.1) is 5.54 Å². The fourth-order valence-electron chi connectivity index (χ4n) is 2.01. The lowest BCUT2D eigenvalue weighted by Gasteiger charge is -2.22. The molecule has 0 aromatic heterocycles. The highest BCUT2D eigenvalue weighted by Crippen LogP contribution is 2.28. The Labute approximate surface area is 127 Å². The maximum atomic E-state index is 12.2. The molecule has 0 amide bonds. The Morgan fingerprint density at radius 1 is 1.19 bits per heavy atom. The van der Waals surface area contributed by atoms with Gasteiger partial charge < -0.3 is 0 Å². The van der Waals surface area contributed by atoms with E-state index in [1.54, 1.807) is 0 Å². The third-order valence-corrected chi connectivity index (χ3v) is 4.19. The number of carbonyl (C=O) groups excluding carboxylic acids is 1. The number of hydrogen-bond acceptors (Lipinski definition) is 2. The Bertz CT molecular complexity index is 538. The van der Waals surface area contributed by atoms with Crippen molar-refractivity contribution >= 4 is 5.78 Å². The van der Waals surface area contributed by atoms with Gasteiger partial charge in [0.1, 0.15) is 0 Å². The smallest absolute Gasteiger partial charge is 0.162 e. The monoisotopic (exact) mass is 287 g/mol. The molecule has 114 valence electrons. The third-order valence-electron chi connectivity index (χ3n) is 4.19. The summed E-state index contributed by atoms with van der Waals surface area (Å²) in [5.41, 5.74) is 9.82. The van der Waals surface area contributed by atoms with Crippen LogP contribution in [0.1, 0.15) is 69.8 Å². The van der Waals surface area contributed by atoms with Gasteiger partial charge in [0.25, 0.3) is 0 Å². The Hall–Kier alpha value is -1.80. The molecule has 0 saturated heterocycles. The summed E-state index contributed by atoms with van der Waals surface area (Å²) in [6.45, 7) is 10.2. The summed E-state index contributed by atoms with van der Waals surface area (Å²) in [4.78, 5) is 15.1. The van der Waals surface area contributed by atoms with Gasteiger partial charge in [-0.05, 0) is 22.9 Å². The average Bonchev–Trinajstić information content (AvgIpc) is 2.45. The maximum absolute atomic E-state index is 12.2. The van der Waals surface area contributed by atoms with Crippen LogP contribution >= 0.6 is 0 Å². The zero-order chi connectivity index (χ0) is 16.1. The van der Waals surface area contributed by atoms with Crippen molar-refractivity contribution in [1.82, 2.24) is 0 Å². The lowest BCUT2D eigenvalue weighted by atomic mass is 9.83. The second kappa shape index (κ2) is 6.77. The third kappa shape index (κ3) is 4.91. The van der Waals surface area contributed by atoms with E-state index in [0.717, 1.165) is 24.0 Å². The van der Waals surface area contributed by atoms with Crippen molar-refractivity contribution in [3.8, 4) is 0 Å². The molecule has 0 aliphatic rings. The highest BCUT2D eigenvalue weighted by molar-refractivity contribution is 5.96. The van der Waals surface area contributed by atoms with E-state index in [1.807, 2.05) is 38.1 Å². The maximum Gasteiger partial charge on any atom is 0.162 e. The molecule has 0 unspecified atom stereocenters. The van der Waals surface area contributed by atoms with Crippen LogP contribution in [0.2, 0.25) is 0 Å². The zero-order valence-corrected chi connectivity index (χ0v) is 13.7. The molecule has 0 aliphatic heterocycles. The molecule has 0 bridgehead atoms. The van der Waals surface area contributed by atoms with Crippen LogP contribution in [-0.2, 0) is 5.54 Å². The molecule has 0 spiro atoms. The van der Waals surface area contributed by atoms with Gasteiger partial charge in [0.15, 0.2) is 5.78 Å². The highest BCUT2D eigenvalue weighted by Gasteiger charge is 2.20. The standard InChI is InChI=1S/C17H25N3O/c1-6-16(2,3)12-11-15(21)13-7-9-14(10-8-13)17(4,5)19-20-18/h7-10H,6,11-12H2,1-5H3. The highest BCUT2D eigenvalue weighted by atomic mass is 16.1. The molecule has 0 saturated carbocycles. The van der Waals surface area contributed by atoms with Crippen molar-refractivity contribution in [1.29, 1.82) is 0 Å². The molecule has 4 heteroatoms. The molecule has 0 heterocycles. The molecule has 0 N–H and O–H groups in total. The van der Waals surface area contributed by atoms with Crippen LogP contribution in [0.4, 0.5) is 0 Å². The fraction of sp³-hybridized carbons (Fsp3) is 0.588. The Morgan fingerprint density at radius 3 is 2.24 bits per heavy atom. The lowest BCUT2D eigenvalue weighted by Crippen LogP contribution is -2.14. The van der Waals surface area contributed by atoms with Gasteiger partial charge in [-0.25, -0.2) is 0 Å². The minimum atomic E-state index is -0.597. The van der Waals surface area contributed by atoms with E-state index in [1.165, 1.54) is 0 Å². The van der Waals surface area contributed by atoms with Crippen LogP contribution in [0.3, 0.4) is 0 Å². The van der Waals surface area contributed by atoms with Crippen LogP contribution in [0.15, 0.2) is 29.4 Å². The number of hydrogen-bond donors (Lipinski definition) is 0. The summed E-state index contributed by atoms with van der Waals surface area (Å²) in [7, 11) is 0. The van der Waals surface area contributed by atoms with Crippen LogP contribution < -0.4 is 0 Å². The summed E-state index contributed by atoms with van der Waals surface area (Å²) in [6.07, 6.45) is 2.54. The second-order valence-corrected chi connectivity index (χ2v) is 6.77. The molecule has 0 radical (unpaired) electrons. The van der Waals surface area contributed by atoms with Crippen molar-refractivity contribution in [2.45, 2.75) is 59.4 Å². The predicted molar refractivity (Wildman–Crippen MR) is 86.3 cm³/mol. The summed E-state index contributed by atoms with van der Waals surface area (Å²) in [5, 5.41) is 3.78. The van der Waals surface area contributed by atoms with Gasteiger partial charge in [0, 0.05) is 16.9 Å². The molecule has 0 fully saturated rings. The van der Waals surface area contributed by atoms with E-state index in [0.29, 0.717) is 6.42 Å². The first-order valence-electron chi connectivity index (χ1n) is 7.42. The molecule has 1 aromatic carbocycles. The number of nitrogens with zero attached hydrogens (tertiary/aromatic N) is 3. The van der Waals surface area contributed by atoms with Crippen molar-refractivity contribution in [2.75, 3.05) is 0 Å². The first-order chi connectivity index (χ1) is 9.72. The molecule has 1 aromatic rings. The minimum absolute atomic E-state index is 0.171. The quantitative estimate of drug-likeness (QED) is 0.277. The first kappa shape index (κ1) is 17.3. The molecular formula is C17H25N3O. The molecule has 4 nitrogen and oxygen atoms in total.